The number of ether oxygens (including phenoxy) is 3. The minimum atomic E-state index is -0.737. The first-order chi connectivity index (χ1) is 14.4. The lowest BCUT2D eigenvalue weighted by Gasteiger charge is -2.20. The van der Waals surface area contributed by atoms with E-state index in [-0.39, 0.29) is 17.5 Å². The Hall–Kier alpha value is -3.27. The lowest BCUT2D eigenvalue weighted by molar-refractivity contribution is -0.118. The second kappa shape index (κ2) is 9.04. The molecule has 0 radical (unpaired) electrons. The minimum absolute atomic E-state index is 0.131. The number of carbonyl (C=O) groups excluding carboxylic acids is 2. The first-order valence-electron chi connectivity index (χ1n) is 9.22. The number of hydrogen-bond donors (Lipinski definition) is 3. The van der Waals surface area contributed by atoms with Crippen LogP contribution < -0.4 is 24.8 Å². The van der Waals surface area contributed by atoms with E-state index in [0.717, 1.165) is 0 Å². The SMILES string of the molecule is COc1cc2cc(C(=O)NC(C(=O)Nc3nccs3)C(C)C)[nH]c2c(OC)c1OC. The maximum absolute atomic E-state index is 12.9. The third-order valence-electron chi connectivity index (χ3n) is 4.56. The summed E-state index contributed by atoms with van der Waals surface area (Å²) in [4.78, 5) is 32.6. The molecular formula is C20H24N4O5S. The number of methoxy groups -OCH3 is 3. The van der Waals surface area contributed by atoms with Crippen LogP contribution in [0.4, 0.5) is 5.13 Å². The van der Waals surface area contributed by atoms with Crippen LogP contribution >= 0.6 is 11.3 Å². The van der Waals surface area contributed by atoms with Crippen molar-refractivity contribution in [1.82, 2.24) is 15.3 Å². The van der Waals surface area contributed by atoms with Gasteiger partial charge in [-0.3, -0.25) is 9.59 Å². The summed E-state index contributed by atoms with van der Waals surface area (Å²) in [5.74, 6) is 0.449. The van der Waals surface area contributed by atoms with Crippen molar-refractivity contribution in [3.63, 3.8) is 0 Å². The first-order valence-corrected chi connectivity index (χ1v) is 10.1. The van der Waals surface area contributed by atoms with Crippen molar-refractivity contribution in [1.29, 1.82) is 0 Å². The molecule has 0 aliphatic rings. The van der Waals surface area contributed by atoms with E-state index >= 15 is 0 Å². The largest absolute Gasteiger partial charge is 0.493 e. The number of fused-ring (bicyclic) bond motifs is 1. The van der Waals surface area contributed by atoms with E-state index in [0.29, 0.717) is 33.3 Å². The highest BCUT2D eigenvalue weighted by atomic mass is 32.1. The van der Waals surface area contributed by atoms with Crippen LogP contribution in [-0.2, 0) is 4.79 Å². The number of amides is 2. The number of H-pyrrole nitrogens is 1. The molecule has 0 saturated carbocycles. The van der Waals surface area contributed by atoms with Crippen molar-refractivity contribution in [3.8, 4) is 17.2 Å². The van der Waals surface area contributed by atoms with Gasteiger partial charge < -0.3 is 29.8 Å². The summed E-state index contributed by atoms with van der Waals surface area (Å²) in [5.41, 5.74) is 0.875. The second-order valence-corrected chi connectivity index (χ2v) is 7.71. The average Bonchev–Trinajstić information content (AvgIpc) is 3.39. The molecule has 9 nitrogen and oxygen atoms in total. The number of aromatic nitrogens is 2. The van der Waals surface area contributed by atoms with Crippen molar-refractivity contribution < 1.29 is 23.8 Å². The Labute approximate surface area is 177 Å². The quantitative estimate of drug-likeness (QED) is 0.504. The Balaban J connectivity index is 1.88. The van der Waals surface area contributed by atoms with E-state index in [2.05, 4.69) is 20.6 Å². The number of rotatable bonds is 8. The molecule has 30 heavy (non-hydrogen) atoms. The molecule has 10 heteroatoms. The van der Waals surface area contributed by atoms with Crippen LogP contribution in [0, 0.1) is 5.92 Å². The van der Waals surface area contributed by atoms with Crippen LogP contribution in [0.2, 0.25) is 0 Å². The molecule has 2 heterocycles. The summed E-state index contributed by atoms with van der Waals surface area (Å²) in [5, 5.41) is 8.47. The van der Waals surface area contributed by atoms with Crippen LogP contribution in [0.15, 0.2) is 23.7 Å². The van der Waals surface area contributed by atoms with E-state index in [1.165, 1.54) is 32.7 Å². The number of anilines is 1. The van der Waals surface area contributed by atoms with Crippen LogP contribution in [0.1, 0.15) is 24.3 Å². The predicted molar refractivity (Wildman–Crippen MR) is 115 cm³/mol. The fourth-order valence-electron chi connectivity index (χ4n) is 3.09. The maximum atomic E-state index is 12.9. The van der Waals surface area contributed by atoms with Gasteiger partial charge in [0.15, 0.2) is 16.6 Å². The minimum Gasteiger partial charge on any atom is -0.493 e. The van der Waals surface area contributed by atoms with Crippen LogP contribution in [0.3, 0.4) is 0 Å². The molecule has 3 aromatic rings. The number of benzene rings is 1. The number of thiazole rings is 1. The molecule has 1 atom stereocenters. The summed E-state index contributed by atoms with van der Waals surface area (Å²) in [6, 6.07) is 2.68. The van der Waals surface area contributed by atoms with Crippen molar-refractivity contribution in [2.24, 2.45) is 5.92 Å². The number of aromatic amines is 1. The predicted octanol–water partition coefficient (Wildman–Crippen LogP) is 3.04. The smallest absolute Gasteiger partial charge is 0.268 e. The van der Waals surface area contributed by atoms with Crippen molar-refractivity contribution in [2.45, 2.75) is 19.9 Å². The molecule has 0 aliphatic heterocycles. The Kier molecular flexibility index (Phi) is 6.46. The van der Waals surface area contributed by atoms with Crippen LogP contribution in [-0.4, -0.2) is 49.2 Å². The molecule has 1 aromatic carbocycles. The molecule has 2 amide bonds. The van der Waals surface area contributed by atoms with Gasteiger partial charge in [-0.15, -0.1) is 11.3 Å². The second-order valence-electron chi connectivity index (χ2n) is 6.81. The van der Waals surface area contributed by atoms with Gasteiger partial charge in [0.2, 0.25) is 11.7 Å². The summed E-state index contributed by atoms with van der Waals surface area (Å²) in [6.07, 6.45) is 1.60. The molecule has 3 rings (SSSR count). The van der Waals surface area contributed by atoms with Crippen molar-refractivity contribution >= 4 is 39.2 Å². The van der Waals surface area contributed by atoms with E-state index in [9.17, 15) is 9.59 Å². The molecule has 0 fully saturated rings. The molecule has 2 aromatic heterocycles. The zero-order chi connectivity index (χ0) is 21.8. The van der Waals surface area contributed by atoms with Gasteiger partial charge in [0.05, 0.1) is 26.8 Å². The number of hydrogen-bond acceptors (Lipinski definition) is 7. The van der Waals surface area contributed by atoms with Gasteiger partial charge in [-0.1, -0.05) is 13.8 Å². The van der Waals surface area contributed by atoms with Gasteiger partial charge in [0.25, 0.3) is 5.91 Å². The first kappa shape index (κ1) is 21.4. The molecule has 3 N–H and O–H groups in total. The highest BCUT2D eigenvalue weighted by Crippen LogP contribution is 2.43. The van der Waals surface area contributed by atoms with Crippen LogP contribution in [0.5, 0.6) is 17.2 Å². The fraction of sp³-hybridized carbons (Fsp3) is 0.350. The van der Waals surface area contributed by atoms with E-state index in [4.69, 9.17) is 14.2 Å². The van der Waals surface area contributed by atoms with Crippen molar-refractivity contribution in [2.75, 3.05) is 26.6 Å². The van der Waals surface area contributed by atoms with Gasteiger partial charge in [-0.2, -0.15) is 0 Å². The standard InChI is InChI=1S/C20H24N4O5S/c1-10(2)14(19(26)24-20-21-6-7-30-20)23-18(25)12-8-11-9-13(27-3)16(28-4)17(29-5)15(11)22-12/h6-10,14,22H,1-5H3,(H,23,25)(H,21,24,26). The normalized spacial score (nSPS) is 11.9. The number of nitrogens with one attached hydrogen (secondary N) is 3. The van der Waals surface area contributed by atoms with E-state index in [1.54, 1.807) is 23.7 Å². The van der Waals surface area contributed by atoms with Gasteiger partial charge in [-0.25, -0.2) is 4.98 Å². The zero-order valence-corrected chi connectivity index (χ0v) is 18.2. The Morgan fingerprint density at radius 1 is 1.10 bits per heavy atom. The molecule has 0 spiro atoms. The summed E-state index contributed by atoms with van der Waals surface area (Å²) in [6.45, 7) is 3.71. The Morgan fingerprint density at radius 2 is 1.83 bits per heavy atom. The molecule has 0 saturated heterocycles. The van der Waals surface area contributed by atoms with Gasteiger partial charge in [0.1, 0.15) is 11.7 Å². The van der Waals surface area contributed by atoms with E-state index < -0.39 is 11.9 Å². The third-order valence-corrected chi connectivity index (χ3v) is 5.25. The highest BCUT2D eigenvalue weighted by molar-refractivity contribution is 7.13. The lowest BCUT2D eigenvalue weighted by atomic mass is 10.0. The Morgan fingerprint density at radius 3 is 2.40 bits per heavy atom. The zero-order valence-electron chi connectivity index (χ0n) is 17.4. The number of carbonyl (C=O) groups is 2. The lowest BCUT2D eigenvalue weighted by Crippen LogP contribution is -2.47. The van der Waals surface area contributed by atoms with E-state index in [1.807, 2.05) is 13.8 Å². The molecule has 1 unspecified atom stereocenters. The van der Waals surface area contributed by atoms with Crippen LogP contribution in [0.25, 0.3) is 10.9 Å². The van der Waals surface area contributed by atoms with Gasteiger partial charge in [-0.05, 0) is 18.1 Å². The molecule has 0 bridgehead atoms. The summed E-state index contributed by atoms with van der Waals surface area (Å²) < 4.78 is 16.2. The third kappa shape index (κ3) is 4.18. The summed E-state index contributed by atoms with van der Waals surface area (Å²) in [7, 11) is 4.55. The van der Waals surface area contributed by atoms with Gasteiger partial charge >= 0.3 is 0 Å². The Bertz CT molecular complexity index is 1050. The summed E-state index contributed by atoms with van der Waals surface area (Å²) >= 11 is 1.31. The average molecular weight is 433 g/mol. The fourth-order valence-corrected chi connectivity index (χ4v) is 3.62. The molecule has 160 valence electrons. The molecular weight excluding hydrogens is 408 g/mol. The van der Waals surface area contributed by atoms with Crippen molar-refractivity contribution in [3.05, 3.63) is 29.4 Å². The highest BCUT2D eigenvalue weighted by Gasteiger charge is 2.27. The number of nitrogens with zero attached hydrogens (tertiary/aromatic N) is 1. The topological polar surface area (TPSA) is 115 Å². The maximum Gasteiger partial charge on any atom is 0.268 e. The van der Waals surface area contributed by atoms with Gasteiger partial charge in [0, 0.05) is 17.0 Å². The molecule has 0 aliphatic carbocycles. The monoisotopic (exact) mass is 432 g/mol.